The first-order valence-corrected chi connectivity index (χ1v) is 7.01. The number of amides is 1. The molecule has 4 nitrogen and oxygen atoms in total. The number of rotatable bonds is 2. The molecular weight excluding hydrogens is 258 g/mol. The number of thiazole rings is 1. The molecule has 98 valence electrons. The van der Waals surface area contributed by atoms with Crippen molar-refractivity contribution < 1.29 is 4.79 Å². The third-order valence-electron chi connectivity index (χ3n) is 3.52. The number of benzene rings is 1. The molecule has 3 rings (SSSR count). The molecule has 5 heteroatoms. The molecule has 1 amide bonds. The van der Waals surface area contributed by atoms with Crippen LogP contribution in [0.4, 0.5) is 5.69 Å². The minimum absolute atomic E-state index is 0.0430. The van der Waals surface area contributed by atoms with Gasteiger partial charge in [0.25, 0.3) is 0 Å². The fourth-order valence-electron chi connectivity index (χ4n) is 2.24. The highest BCUT2D eigenvalue weighted by molar-refractivity contribution is 7.13. The van der Waals surface area contributed by atoms with Gasteiger partial charge in [-0.1, -0.05) is 0 Å². The zero-order valence-electron chi connectivity index (χ0n) is 10.9. The van der Waals surface area contributed by atoms with Crippen molar-refractivity contribution in [3.63, 3.8) is 0 Å². The number of carbonyl (C=O) groups is 1. The number of nitrogens with zero attached hydrogens (tertiary/aromatic N) is 1. The molecule has 19 heavy (non-hydrogen) atoms. The highest BCUT2D eigenvalue weighted by Gasteiger charge is 2.38. The minimum Gasteiger partial charge on any atom is -0.325 e. The molecule has 1 aromatic heterocycles. The van der Waals surface area contributed by atoms with Crippen molar-refractivity contribution in [1.82, 2.24) is 4.98 Å². The number of anilines is 1. The summed E-state index contributed by atoms with van der Waals surface area (Å²) in [5, 5.41) is 5.82. The largest absolute Gasteiger partial charge is 0.325 e. The first-order chi connectivity index (χ1) is 9.02. The van der Waals surface area contributed by atoms with Gasteiger partial charge in [0.05, 0.1) is 11.1 Å². The molecule has 0 aliphatic carbocycles. The number of hydrogen-bond acceptors (Lipinski definition) is 4. The maximum absolute atomic E-state index is 11.9. The van der Waals surface area contributed by atoms with E-state index in [-0.39, 0.29) is 5.91 Å². The maximum Gasteiger partial charge on any atom is 0.234 e. The van der Waals surface area contributed by atoms with Gasteiger partial charge in [0.15, 0.2) is 0 Å². The van der Waals surface area contributed by atoms with E-state index in [0.29, 0.717) is 6.54 Å². The van der Waals surface area contributed by atoms with E-state index in [1.54, 1.807) is 11.3 Å². The van der Waals surface area contributed by atoms with Crippen LogP contribution in [0.2, 0.25) is 0 Å². The van der Waals surface area contributed by atoms with Crippen LogP contribution < -0.4 is 11.1 Å². The molecule has 0 unspecified atom stereocenters. The zero-order valence-corrected chi connectivity index (χ0v) is 11.7. The highest BCUT2D eigenvalue weighted by Crippen LogP contribution is 2.39. The Morgan fingerprint density at radius 2 is 2.21 bits per heavy atom. The van der Waals surface area contributed by atoms with Gasteiger partial charge in [-0.3, -0.25) is 4.79 Å². The smallest absolute Gasteiger partial charge is 0.234 e. The van der Waals surface area contributed by atoms with Gasteiger partial charge >= 0.3 is 0 Å². The summed E-state index contributed by atoms with van der Waals surface area (Å²) in [6, 6.07) is 5.98. The van der Waals surface area contributed by atoms with E-state index < -0.39 is 5.41 Å². The lowest BCUT2D eigenvalue weighted by molar-refractivity contribution is -0.119. The zero-order chi connectivity index (χ0) is 13.6. The molecule has 0 fully saturated rings. The molecule has 1 aliphatic heterocycles. The van der Waals surface area contributed by atoms with Crippen LogP contribution >= 0.6 is 11.3 Å². The third-order valence-corrected chi connectivity index (χ3v) is 4.46. The average molecular weight is 273 g/mol. The normalized spacial score (nSPS) is 16.3. The van der Waals surface area contributed by atoms with Crippen LogP contribution in [-0.4, -0.2) is 10.9 Å². The van der Waals surface area contributed by atoms with Crippen LogP contribution in [0.5, 0.6) is 0 Å². The second kappa shape index (κ2) is 4.15. The van der Waals surface area contributed by atoms with Gasteiger partial charge in [0, 0.05) is 23.2 Å². The van der Waals surface area contributed by atoms with Crippen molar-refractivity contribution in [2.45, 2.75) is 25.8 Å². The standard InChI is InChI=1S/C14H15N3OS/c1-14(2)10-5-8(3-4-11(10)17-13(14)18)12-16-9(6-15)7-19-12/h3-5,7H,6,15H2,1-2H3,(H,17,18). The summed E-state index contributed by atoms with van der Waals surface area (Å²) >= 11 is 1.58. The van der Waals surface area contributed by atoms with Crippen LogP contribution in [-0.2, 0) is 16.8 Å². The Morgan fingerprint density at radius 1 is 1.42 bits per heavy atom. The third kappa shape index (κ3) is 1.86. The summed E-state index contributed by atoms with van der Waals surface area (Å²) in [6.45, 7) is 4.32. The molecule has 0 radical (unpaired) electrons. The SMILES string of the molecule is CC1(C)C(=O)Nc2ccc(-c3nc(CN)cs3)cc21. The molecule has 0 saturated heterocycles. The molecule has 0 saturated carbocycles. The highest BCUT2D eigenvalue weighted by atomic mass is 32.1. The van der Waals surface area contributed by atoms with E-state index in [1.165, 1.54) is 0 Å². The molecule has 1 aromatic carbocycles. The summed E-state index contributed by atoms with van der Waals surface area (Å²) < 4.78 is 0. The Labute approximate surface area is 115 Å². The lowest BCUT2D eigenvalue weighted by Crippen LogP contribution is -2.26. The van der Waals surface area contributed by atoms with E-state index in [4.69, 9.17) is 5.73 Å². The molecule has 1 aliphatic rings. The summed E-state index contributed by atoms with van der Waals surface area (Å²) in [4.78, 5) is 16.4. The monoisotopic (exact) mass is 273 g/mol. The van der Waals surface area contributed by atoms with Crippen LogP contribution in [0.15, 0.2) is 23.6 Å². The van der Waals surface area contributed by atoms with Crippen LogP contribution in [0.1, 0.15) is 25.1 Å². The number of carbonyl (C=O) groups excluding carboxylic acids is 1. The second-order valence-electron chi connectivity index (χ2n) is 5.19. The lowest BCUT2D eigenvalue weighted by atomic mass is 9.85. The Kier molecular flexibility index (Phi) is 2.69. The quantitative estimate of drug-likeness (QED) is 0.883. The van der Waals surface area contributed by atoms with Crippen molar-refractivity contribution in [2.75, 3.05) is 5.32 Å². The summed E-state index contributed by atoms with van der Waals surface area (Å²) in [5.41, 5.74) is 8.95. The number of aromatic nitrogens is 1. The number of nitrogens with two attached hydrogens (primary N) is 1. The van der Waals surface area contributed by atoms with Gasteiger partial charge in [-0.25, -0.2) is 4.98 Å². The Balaban J connectivity index is 2.07. The molecule has 0 spiro atoms. The first-order valence-electron chi connectivity index (χ1n) is 6.13. The fraction of sp³-hybridized carbons (Fsp3) is 0.286. The van der Waals surface area contributed by atoms with E-state index in [9.17, 15) is 4.79 Å². The topological polar surface area (TPSA) is 68.0 Å². The summed E-state index contributed by atoms with van der Waals surface area (Å²) in [6.07, 6.45) is 0. The lowest BCUT2D eigenvalue weighted by Gasteiger charge is -2.15. The number of hydrogen-bond donors (Lipinski definition) is 2. The summed E-state index contributed by atoms with van der Waals surface area (Å²) in [7, 11) is 0. The van der Waals surface area contributed by atoms with Gasteiger partial charge in [-0.15, -0.1) is 11.3 Å². The van der Waals surface area contributed by atoms with E-state index in [1.807, 2.05) is 37.4 Å². The molecular formula is C14H15N3OS. The van der Waals surface area contributed by atoms with E-state index in [2.05, 4.69) is 10.3 Å². The van der Waals surface area contributed by atoms with Gasteiger partial charge in [-0.05, 0) is 37.6 Å². The average Bonchev–Trinajstić information content (AvgIpc) is 2.94. The molecule has 0 bridgehead atoms. The Bertz CT molecular complexity index is 660. The predicted molar refractivity (Wildman–Crippen MR) is 77.1 cm³/mol. The van der Waals surface area contributed by atoms with Gasteiger partial charge in [0.2, 0.25) is 5.91 Å². The van der Waals surface area contributed by atoms with Gasteiger partial charge in [0.1, 0.15) is 5.01 Å². The Morgan fingerprint density at radius 3 is 2.89 bits per heavy atom. The van der Waals surface area contributed by atoms with E-state index >= 15 is 0 Å². The first kappa shape index (κ1) is 12.3. The van der Waals surface area contributed by atoms with Crippen molar-refractivity contribution >= 4 is 22.9 Å². The molecule has 2 aromatic rings. The number of nitrogens with one attached hydrogen (secondary N) is 1. The molecule has 0 atom stereocenters. The van der Waals surface area contributed by atoms with Crippen molar-refractivity contribution in [3.05, 3.63) is 34.8 Å². The predicted octanol–water partition coefficient (Wildman–Crippen LogP) is 2.50. The van der Waals surface area contributed by atoms with Gasteiger partial charge in [-0.2, -0.15) is 0 Å². The molecule has 2 heterocycles. The summed E-state index contributed by atoms with van der Waals surface area (Å²) in [5.74, 6) is 0.0430. The second-order valence-corrected chi connectivity index (χ2v) is 6.05. The fourth-order valence-corrected chi connectivity index (χ4v) is 3.07. The van der Waals surface area contributed by atoms with Crippen molar-refractivity contribution in [2.24, 2.45) is 5.73 Å². The van der Waals surface area contributed by atoms with Crippen LogP contribution in [0.25, 0.3) is 10.6 Å². The van der Waals surface area contributed by atoms with Crippen molar-refractivity contribution in [3.8, 4) is 10.6 Å². The Hall–Kier alpha value is -1.72. The van der Waals surface area contributed by atoms with Gasteiger partial charge < -0.3 is 11.1 Å². The minimum atomic E-state index is -0.487. The van der Waals surface area contributed by atoms with Crippen LogP contribution in [0, 0.1) is 0 Å². The van der Waals surface area contributed by atoms with Crippen LogP contribution in [0.3, 0.4) is 0 Å². The molecule has 3 N–H and O–H groups in total. The van der Waals surface area contributed by atoms with E-state index in [0.717, 1.165) is 27.5 Å². The number of fused-ring (bicyclic) bond motifs is 1. The van der Waals surface area contributed by atoms with Crippen molar-refractivity contribution in [1.29, 1.82) is 0 Å². The maximum atomic E-state index is 11.9.